The van der Waals surface area contributed by atoms with Crippen molar-refractivity contribution in [3.05, 3.63) is 66.5 Å². The quantitative estimate of drug-likeness (QED) is 0.569. The second-order valence-electron chi connectivity index (χ2n) is 5.47. The number of imidazole rings is 1. The number of halogens is 1. The van der Waals surface area contributed by atoms with Crippen LogP contribution in [0.25, 0.3) is 28.0 Å². The lowest BCUT2D eigenvalue weighted by atomic mass is 10.0. The van der Waals surface area contributed by atoms with Gasteiger partial charge in [0, 0.05) is 36.1 Å². The summed E-state index contributed by atoms with van der Waals surface area (Å²) in [7, 11) is 1.84. The molecular weight excluding hydrogens is 305 g/mol. The summed E-state index contributed by atoms with van der Waals surface area (Å²) in [5, 5.41) is 13.7. The van der Waals surface area contributed by atoms with Gasteiger partial charge >= 0.3 is 0 Å². The number of aromatic nitrogens is 4. The highest BCUT2D eigenvalue weighted by molar-refractivity contribution is 5.80. The van der Waals surface area contributed by atoms with Crippen LogP contribution >= 0.6 is 0 Å². The maximum Gasteiger partial charge on any atom is 0.144 e. The molecule has 0 bridgehead atoms. The van der Waals surface area contributed by atoms with Crippen LogP contribution in [-0.2, 0) is 7.05 Å². The van der Waals surface area contributed by atoms with Gasteiger partial charge in [0.1, 0.15) is 28.9 Å². The van der Waals surface area contributed by atoms with Gasteiger partial charge in [-0.3, -0.25) is 9.08 Å². The fraction of sp³-hybridized carbons (Fsp3) is 0.0556. The van der Waals surface area contributed by atoms with Crippen LogP contribution in [0.4, 0.5) is 4.39 Å². The zero-order chi connectivity index (χ0) is 16.7. The van der Waals surface area contributed by atoms with E-state index in [0.29, 0.717) is 11.3 Å². The molecule has 3 aromatic heterocycles. The maximum absolute atomic E-state index is 13.2. The van der Waals surface area contributed by atoms with E-state index in [-0.39, 0.29) is 5.82 Å². The predicted molar refractivity (Wildman–Crippen MR) is 87.5 cm³/mol. The molecule has 4 aromatic rings. The van der Waals surface area contributed by atoms with Crippen molar-refractivity contribution in [2.24, 2.45) is 7.05 Å². The molecule has 0 saturated heterocycles. The number of nitriles is 1. The Morgan fingerprint density at radius 1 is 1.04 bits per heavy atom. The Morgan fingerprint density at radius 3 is 2.54 bits per heavy atom. The van der Waals surface area contributed by atoms with Gasteiger partial charge in [-0.15, -0.1) is 0 Å². The van der Waals surface area contributed by atoms with Crippen LogP contribution in [0.2, 0.25) is 0 Å². The Labute approximate surface area is 137 Å². The summed E-state index contributed by atoms with van der Waals surface area (Å²) in [5.41, 5.74) is 4.59. The Kier molecular flexibility index (Phi) is 3.14. The summed E-state index contributed by atoms with van der Waals surface area (Å²) in [5.74, 6) is -0.283. The molecule has 0 amide bonds. The number of fused-ring (bicyclic) bond motifs is 1. The van der Waals surface area contributed by atoms with Gasteiger partial charge in [-0.1, -0.05) is 0 Å². The fourth-order valence-electron chi connectivity index (χ4n) is 2.74. The molecule has 0 N–H and O–H groups in total. The van der Waals surface area contributed by atoms with Crippen LogP contribution in [0.3, 0.4) is 0 Å². The Morgan fingerprint density at radius 2 is 1.79 bits per heavy atom. The van der Waals surface area contributed by atoms with Crippen LogP contribution in [0.15, 0.2) is 55.0 Å². The molecule has 24 heavy (non-hydrogen) atoms. The molecule has 0 aliphatic carbocycles. The van der Waals surface area contributed by atoms with Crippen molar-refractivity contribution in [2.45, 2.75) is 0 Å². The largest absolute Gasteiger partial charge is 0.291 e. The van der Waals surface area contributed by atoms with Gasteiger partial charge < -0.3 is 0 Å². The van der Waals surface area contributed by atoms with E-state index in [1.807, 2.05) is 31.6 Å². The van der Waals surface area contributed by atoms with Gasteiger partial charge in [-0.2, -0.15) is 10.4 Å². The van der Waals surface area contributed by atoms with E-state index in [1.54, 1.807) is 27.4 Å². The van der Waals surface area contributed by atoms with E-state index in [1.165, 1.54) is 12.1 Å². The number of benzene rings is 1. The van der Waals surface area contributed by atoms with E-state index >= 15 is 0 Å². The first kappa shape index (κ1) is 14.2. The van der Waals surface area contributed by atoms with Gasteiger partial charge in [-0.05, 0) is 36.4 Å². The van der Waals surface area contributed by atoms with Gasteiger partial charge in [0.15, 0.2) is 0 Å². The normalized spacial score (nSPS) is 10.9. The Balaban J connectivity index is 1.91. The number of nitrogens with zero attached hydrogens (tertiary/aromatic N) is 5. The van der Waals surface area contributed by atoms with Crippen molar-refractivity contribution >= 4 is 5.65 Å². The molecule has 0 radical (unpaired) electrons. The van der Waals surface area contributed by atoms with E-state index < -0.39 is 0 Å². The summed E-state index contributed by atoms with van der Waals surface area (Å²) in [6.45, 7) is 0. The Hall–Kier alpha value is -3.46. The fourth-order valence-corrected chi connectivity index (χ4v) is 2.74. The molecule has 1 aromatic carbocycles. The van der Waals surface area contributed by atoms with Crippen LogP contribution in [0, 0.1) is 17.1 Å². The van der Waals surface area contributed by atoms with Gasteiger partial charge in [-0.25, -0.2) is 9.37 Å². The van der Waals surface area contributed by atoms with Crippen LogP contribution < -0.4 is 0 Å². The van der Waals surface area contributed by atoms with Crippen molar-refractivity contribution in [1.29, 1.82) is 5.26 Å². The van der Waals surface area contributed by atoms with Crippen molar-refractivity contribution < 1.29 is 4.39 Å². The second kappa shape index (κ2) is 5.32. The molecule has 6 heteroatoms. The SMILES string of the molecule is Cn1cc(-c2ccc3ncc(C#N)n3c2)c(-c2ccc(F)cc2)n1. The number of hydrogen-bond donors (Lipinski definition) is 0. The molecule has 0 fully saturated rings. The summed E-state index contributed by atoms with van der Waals surface area (Å²) in [6, 6.07) is 12.2. The predicted octanol–water partition coefficient (Wildman–Crippen LogP) is 3.41. The smallest absolute Gasteiger partial charge is 0.144 e. The number of rotatable bonds is 2. The number of hydrogen-bond acceptors (Lipinski definition) is 3. The first-order valence-corrected chi connectivity index (χ1v) is 7.33. The molecule has 3 heterocycles. The third kappa shape index (κ3) is 2.23. The first-order chi connectivity index (χ1) is 11.7. The highest BCUT2D eigenvalue weighted by atomic mass is 19.1. The molecule has 0 saturated carbocycles. The molecule has 0 atom stereocenters. The lowest BCUT2D eigenvalue weighted by molar-refractivity contribution is 0.628. The summed E-state index contributed by atoms with van der Waals surface area (Å²) < 4.78 is 16.7. The standard InChI is InChI=1S/C18H12FN5/c1-23-11-16(18(22-23)12-2-5-14(19)6-3-12)13-4-7-17-21-9-15(8-20)24(17)10-13/h2-7,9-11H,1H3. The molecule has 0 aliphatic rings. The second-order valence-corrected chi connectivity index (χ2v) is 5.47. The van der Waals surface area contributed by atoms with E-state index in [0.717, 1.165) is 22.4 Å². The van der Waals surface area contributed by atoms with Crippen LogP contribution in [-0.4, -0.2) is 19.2 Å². The van der Waals surface area contributed by atoms with Crippen LogP contribution in [0.5, 0.6) is 0 Å². The van der Waals surface area contributed by atoms with Gasteiger partial charge in [0.2, 0.25) is 0 Å². The summed E-state index contributed by atoms with van der Waals surface area (Å²) >= 11 is 0. The van der Waals surface area contributed by atoms with Gasteiger partial charge in [0.05, 0.1) is 6.20 Å². The maximum atomic E-state index is 13.2. The molecule has 116 valence electrons. The lowest BCUT2D eigenvalue weighted by Crippen LogP contribution is -1.90. The molecular formula is C18H12FN5. The van der Waals surface area contributed by atoms with E-state index in [4.69, 9.17) is 0 Å². The molecule has 4 rings (SSSR count). The van der Waals surface area contributed by atoms with Crippen molar-refractivity contribution in [2.75, 3.05) is 0 Å². The average Bonchev–Trinajstić information content (AvgIpc) is 3.18. The third-order valence-electron chi connectivity index (χ3n) is 3.88. The van der Waals surface area contributed by atoms with E-state index in [2.05, 4.69) is 16.2 Å². The molecule has 5 nitrogen and oxygen atoms in total. The lowest BCUT2D eigenvalue weighted by Gasteiger charge is -2.04. The monoisotopic (exact) mass is 317 g/mol. The minimum Gasteiger partial charge on any atom is -0.291 e. The van der Waals surface area contributed by atoms with Crippen LogP contribution in [0.1, 0.15) is 5.69 Å². The number of pyridine rings is 1. The minimum atomic E-state index is -0.283. The first-order valence-electron chi connectivity index (χ1n) is 7.33. The van der Waals surface area contributed by atoms with Crippen molar-refractivity contribution in [3.63, 3.8) is 0 Å². The summed E-state index contributed by atoms with van der Waals surface area (Å²) in [6.07, 6.45) is 5.32. The van der Waals surface area contributed by atoms with E-state index in [9.17, 15) is 9.65 Å². The average molecular weight is 317 g/mol. The van der Waals surface area contributed by atoms with Crippen molar-refractivity contribution in [1.82, 2.24) is 19.2 Å². The highest BCUT2D eigenvalue weighted by Crippen LogP contribution is 2.31. The topological polar surface area (TPSA) is 58.9 Å². The zero-order valence-electron chi connectivity index (χ0n) is 12.8. The number of aryl methyl sites for hydroxylation is 1. The zero-order valence-corrected chi connectivity index (χ0v) is 12.8. The third-order valence-corrected chi connectivity index (χ3v) is 3.88. The minimum absolute atomic E-state index is 0.283. The molecule has 0 unspecified atom stereocenters. The molecule has 0 spiro atoms. The highest BCUT2D eigenvalue weighted by Gasteiger charge is 2.14. The summed E-state index contributed by atoms with van der Waals surface area (Å²) in [4.78, 5) is 4.20. The molecule has 0 aliphatic heterocycles. The van der Waals surface area contributed by atoms with Gasteiger partial charge in [0.25, 0.3) is 0 Å². The Bertz CT molecular complexity index is 1080. The van der Waals surface area contributed by atoms with Crippen molar-refractivity contribution in [3.8, 4) is 28.5 Å².